The first-order valence-corrected chi connectivity index (χ1v) is 3.71. The molecule has 5 heteroatoms. The fraction of sp³-hybridized carbons (Fsp3) is 0. The fourth-order valence-electron chi connectivity index (χ4n) is 1.02. The smallest absolute Gasteiger partial charge is 0.261 e. The molecule has 13 heavy (non-hydrogen) atoms. The zero-order chi connectivity index (χ0) is 9.26. The highest BCUT2D eigenvalue weighted by atomic mass is 16.5. The van der Waals surface area contributed by atoms with Gasteiger partial charge in [0.05, 0.1) is 0 Å². The van der Waals surface area contributed by atoms with Crippen LogP contribution in [0.4, 0.5) is 11.6 Å². The van der Waals surface area contributed by atoms with Gasteiger partial charge in [0.2, 0.25) is 0 Å². The molecule has 0 fully saturated rings. The number of nitrogens with zero attached hydrogens (tertiary/aromatic N) is 2. The number of aromatic nitrogens is 2. The van der Waals surface area contributed by atoms with Gasteiger partial charge in [0.1, 0.15) is 0 Å². The monoisotopic (exact) mass is 176 g/mol. The van der Waals surface area contributed by atoms with Gasteiger partial charge in [-0.15, -0.1) is 0 Å². The third-order valence-electron chi connectivity index (χ3n) is 1.58. The molecule has 1 aromatic heterocycles. The van der Waals surface area contributed by atoms with Crippen molar-refractivity contribution in [1.29, 1.82) is 0 Å². The molecule has 1 heterocycles. The number of benzene rings is 1. The molecule has 0 amide bonds. The maximum absolute atomic E-state index is 5.58. The van der Waals surface area contributed by atoms with Gasteiger partial charge >= 0.3 is 0 Å². The van der Waals surface area contributed by atoms with Crippen LogP contribution in [0.1, 0.15) is 0 Å². The lowest BCUT2D eigenvalue weighted by Crippen LogP contribution is -1.87. The topological polar surface area (TPSA) is 91.0 Å². The van der Waals surface area contributed by atoms with Crippen molar-refractivity contribution in [1.82, 2.24) is 10.1 Å². The van der Waals surface area contributed by atoms with Crippen molar-refractivity contribution in [3.63, 3.8) is 0 Å². The Hall–Kier alpha value is -2.04. The predicted octanol–water partition coefficient (Wildman–Crippen LogP) is 0.901. The van der Waals surface area contributed by atoms with Crippen molar-refractivity contribution in [2.24, 2.45) is 0 Å². The second-order valence-corrected chi connectivity index (χ2v) is 2.58. The van der Waals surface area contributed by atoms with E-state index < -0.39 is 0 Å². The molecular formula is C8H8N4O. The molecule has 0 spiro atoms. The second-order valence-electron chi connectivity index (χ2n) is 2.58. The Morgan fingerprint density at radius 1 is 1.23 bits per heavy atom. The fourth-order valence-corrected chi connectivity index (χ4v) is 1.02. The standard InChI is InChI=1S/C8H8N4O/c9-6-3-1-2-5(4-6)7-11-8(10)12-13-7/h1-4H,9H2,(H2,10,12). The van der Waals surface area contributed by atoms with E-state index in [1.54, 1.807) is 12.1 Å². The highest BCUT2D eigenvalue weighted by molar-refractivity contribution is 5.59. The van der Waals surface area contributed by atoms with Crippen LogP contribution in [-0.2, 0) is 0 Å². The second kappa shape index (κ2) is 2.78. The van der Waals surface area contributed by atoms with E-state index in [1.165, 1.54) is 0 Å². The van der Waals surface area contributed by atoms with Crippen molar-refractivity contribution < 1.29 is 4.52 Å². The molecule has 2 aromatic rings. The minimum Gasteiger partial charge on any atom is -0.399 e. The lowest BCUT2D eigenvalue weighted by atomic mass is 10.2. The van der Waals surface area contributed by atoms with Gasteiger partial charge in [-0.1, -0.05) is 6.07 Å². The molecule has 0 saturated carbocycles. The van der Waals surface area contributed by atoms with Gasteiger partial charge in [-0.25, -0.2) is 0 Å². The van der Waals surface area contributed by atoms with E-state index in [0.29, 0.717) is 11.6 Å². The molecule has 66 valence electrons. The SMILES string of the molecule is Nc1cccc(-c2nc(N)no2)c1. The number of nitrogen functional groups attached to an aromatic ring is 2. The van der Waals surface area contributed by atoms with E-state index in [9.17, 15) is 0 Å². The average molecular weight is 176 g/mol. The predicted molar refractivity (Wildman–Crippen MR) is 48.6 cm³/mol. The van der Waals surface area contributed by atoms with Crippen LogP contribution in [0.25, 0.3) is 11.5 Å². The minimum atomic E-state index is 0.123. The van der Waals surface area contributed by atoms with Gasteiger partial charge in [-0.05, 0) is 23.4 Å². The zero-order valence-corrected chi connectivity index (χ0v) is 6.77. The van der Waals surface area contributed by atoms with Crippen LogP contribution in [-0.4, -0.2) is 10.1 Å². The summed E-state index contributed by atoms with van der Waals surface area (Å²) in [6.07, 6.45) is 0. The third kappa shape index (κ3) is 1.44. The van der Waals surface area contributed by atoms with Crippen LogP contribution in [0, 0.1) is 0 Å². The van der Waals surface area contributed by atoms with Crippen molar-refractivity contribution in [3.05, 3.63) is 24.3 Å². The first-order valence-electron chi connectivity index (χ1n) is 3.71. The lowest BCUT2D eigenvalue weighted by Gasteiger charge is -1.94. The molecule has 0 atom stereocenters. The summed E-state index contributed by atoms with van der Waals surface area (Å²) in [5.74, 6) is 0.502. The summed E-state index contributed by atoms with van der Waals surface area (Å²) in [4.78, 5) is 3.87. The lowest BCUT2D eigenvalue weighted by molar-refractivity contribution is 0.433. The Labute approximate surface area is 74.4 Å². The van der Waals surface area contributed by atoms with Gasteiger partial charge in [0.25, 0.3) is 11.8 Å². The highest BCUT2D eigenvalue weighted by Crippen LogP contribution is 2.19. The number of nitrogens with two attached hydrogens (primary N) is 2. The molecule has 1 aromatic carbocycles. The van der Waals surface area contributed by atoms with E-state index in [0.717, 1.165) is 5.56 Å². The summed E-state index contributed by atoms with van der Waals surface area (Å²) in [5.41, 5.74) is 12.3. The largest absolute Gasteiger partial charge is 0.399 e. The molecule has 0 saturated heterocycles. The summed E-state index contributed by atoms with van der Waals surface area (Å²) < 4.78 is 4.86. The Kier molecular flexibility index (Phi) is 1.63. The Morgan fingerprint density at radius 2 is 2.08 bits per heavy atom. The quantitative estimate of drug-likeness (QED) is 0.630. The van der Waals surface area contributed by atoms with E-state index in [4.69, 9.17) is 16.0 Å². The normalized spacial score (nSPS) is 10.2. The van der Waals surface area contributed by atoms with Gasteiger partial charge in [-0.2, -0.15) is 4.98 Å². The average Bonchev–Trinajstić information content (AvgIpc) is 2.52. The summed E-state index contributed by atoms with van der Waals surface area (Å²) in [7, 11) is 0. The van der Waals surface area contributed by atoms with Gasteiger partial charge in [0, 0.05) is 11.3 Å². The third-order valence-corrected chi connectivity index (χ3v) is 1.58. The van der Waals surface area contributed by atoms with Crippen LogP contribution in [0.2, 0.25) is 0 Å². The van der Waals surface area contributed by atoms with Crippen LogP contribution in [0.15, 0.2) is 28.8 Å². The van der Waals surface area contributed by atoms with Crippen molar-refractivity contribution >= 4 is 11.6 Å². The Morgan fingerprint density at radius 3 is 2.69 bits per heavy atom. The van der Waals surface area contributed by atoms with E-state index >= 15 is 0 Å². The number of hydrogen-bond donors (Lipinski definition) is 2. The number of rotatable bonds is 1. The summed E-state index contributed by atoms with van der Waals surface area (Å²) in [6.45, 7) is 0. The van der Waals surface area contributed by atoms with Gasteiger partial charge in [0.15, 0.2) is 0 Å². The van der Waals surface area contributed by atoms with Crippen LogP contribution in [0.5, 0.6) is 0 Å². The minimum absolute atomic E-state index is 0.123. The van der Waals surface area contributed by atoms with Crippen molar-refractivity contribution in [3.8, 4) is 11.5 Å². The van der Waals surface area contributed by atoms with Crippen LogP contribution in [0.3, 0.4) is 0 Å². The molecule has 0 bridgehead atoms. The van der Waals surface area contributed by atoms with E-state index in [-0.39, 0.29) is 5.95 Å². The molecular weight excluding hydrogens is 168 g/mol. The van der Waals surface area contributed by atoms with Crippen LogP contribution >= 0.6 is 0 Å². The van der Waals surface area contributed by atoms with Crippen molar-refractivity contribution in [2.45, 2.75) is 0 Å². The molecule has 0 aliphatic heterocycles. The maximum Gasteiger partial charge on any atom is 0.261 e. The van der Waals surface area contributed by atoms with Crippen molar-refractivity contribution in [2.75, 3.05) is 11.5 Å². The Bertz CT molecular complexity index is 424. The summed E-state index contributed by atoms with van der Waals surface area (Å²) in [6, 6.07) is 7.16. The summed E-state index contributed by atoms with van der Waals surface area (Å²) in [5, 5.41) is 3.47. The number of anilines is 2. The molecule has 0 aliphatic rings. The molecule has 0 aliphatic carbocycles. The molecule has 5 nitrogen and oxygen atoms in total. The summed E-state index contributed by atoms with van der Waals surface area (Å²) >= 11 is 0. The van der Waals surface area contributed by atoms with E-state index in [1.807, 2.05) is 12.1 Å². The van der Waals surface area contributed by atoms with E-state index in [2.05, 4.69) is 10.1 Å². The Balaban J connectivity index is 2.46. The van der Waals surface area contributed by atoms with Crippen LogP contribution < -0.4 is 11.5 Å². The first-order chi connectivity index (χ1) is 6.25. The zero-order valence-electron chi connectivity index (χ0n) is 6.77. The highest BCUT2D eigenvalue weighted by Gasteiger charge is 2.05. The molecule has 0 radical (unpaired) electrons. The number of hydrogen-bond acceptors (Lipinski definition) is 5. The molecule has 4 N–H and O–H groups in total. The first kappa shape index (κ1) is 7.60. The maximum atomic E-state index is 5.58. The molecule has 2 rings (SSSR count). The van der Waals surface area contributed by atoms with Gasteiger partial charge < -0.3 is 16.0 Å². The molecule has 0 unspecified atom stereocenters. The van der Waals surface area contributed by atoms with Gasteiger partial charge in [-0.3, -0.25) is 0 Å².